The van der Waals surface area contributed by atoms with Gasteiger partial charge in [0.1, 0.15) is 0 Å². The lowest BCUT2D eigenvalue weighted by Crippen LogP contribution is -2.06. The van der Waals surface area contributed by atoms with E-state index in [0.29, 0.717) is 0 Å². The maximum atomic E-state index is 5.51. The number of allylic oxidation sites excluding steroid dienone is 2. The van der Waals surface area contributed by atoms with Crippen LogP contribution in [0.4, 0.5) is 0 Å². The molecule has 0 spiro atoms. The molecule has 2 nitrogen and oxygen atoms in total. The van der Waals surface area contributed by atoms with Gasteiger partial charge in [-0.2, -0.15) is 0 Å². The second kappa shape index (κ2) is 1.90. The van der Waals surface area contributed by atoms with Gasteiger partial charge in [-0.05, 0) is 6.08 Å². The van der Waals surface area contributed by atoms with Crippen LogP contribution in [0.2, 0.25) is 0 Å². The normalized spacial score (nSPS) is 18.5. The van der Waals surface area contributed by atoms with Crippen LogP contribution >= 0.6 is 0 Å². The van der Waals surface area contributed by atoms with Crippen molar-refractivity contribution in [3.63, 3.8) is 0 Å². The van der Waals surface area contributed by atoms with Crippen LogP contribution in [0, 0.1) is 0 Å². The van der Waals surface area contributed by atoms with Crippen LogP contribution in [0.25, 0.3) is 0 Å². The minimum Gasteiger partial charge on any atom is -0.385 e. The Labute approximate surface area is 49.3 Å². The molecule has 0 aliphatic carbocycles. The van der Waals surface area contributed by atoms with Gasteiger partial charge in [0.05, 0.1) is 5.82 Å². The Hall–Kier alpha value is -0.920. The summed E-state index contributed by atoms with van der Waals surface area (Å²) in [4.78, 5) is 2.07. The summed E-state index contributed by atoms with van der Waals surface area (Å²) in [7, 11) is 0. The smallest absolute Gasteiger partial charge is 0.0987 e. The van der Waals surface area contributed by atoms with Gasteiger partial charge in [-0.1, -0.05) is 12.7 Å². The van der Waals surface area contributed by atoms with E-state index in [-0.39, 0.29) is 0 Å². The SMILES string of the molecule is C=C/C=C(/N)N1CC1. The molecule has 44 valence electrons. The molecule has 2 N–H and O–H groups in total. The fourth-order valence-corrected chi connectivity index (χ4v) is 0.534. The van der Waals surface area contributed by atoms with E-state index in [4.69, 9.17) is 5.73 Å². The Kier molecular flexibility index (Phi) is 1.24. The van der Waals surface area contributed by atoms with Crippen LogP contribution in [0.5, 0.6) is 0 Å². The van der Waals surface area contributed by atoms with E-state index < -0.39 is 0 Å². The molecule has 1 heterocycles. The fourth-order valence-electron chi connectivity index (χ4n) is 0.534. The van der Waals surface area contributed by atoms with Gasteiger partial charge in [-0.3, -0.25) is 0 Å². The van der Waals surface area contributed by atoms with E-state index >= 15 is 0 Å². The Balaban J connectivity index is 2.41. The summed E-state index contributed by atoms with van der Waals surface area (Å²) in [5.41, 5.74) is 5.51. The first-order valence-corrected chi connectivity index (χ1v) is 2.67. The van der Waals surface area contributed by atoms with Gasteiger partial charge >= 0.3 is 0 Å². The van der Waals surface area contributed by atoms with Gasteiger partial charge in [-0.15, -0.1) is 0 Å². The van der Waals surface area contributed by atoms with Crippen molar-refractivity contribution in [3.8, 4) is 0 Å². The molecule has 0 bridgehead atoms. The molecule has 2 heteroatoms. The summed E-state index contributed by atoms with van der Waals surface area (Å²) in [5, 5.41) is 0. The van der Waals surface area contributed by atoms with Crippen LogP contribution < -0.4 is 5.73 Å². The molecule has 0 saturated carbocycles. The number of nitrogens with zero attached hydrogens (tertiary/aromatic N) is 1. The first kappa shape index (κ1) is 5.22. The molecule has 0 radical (unpaired) electrons. The highest BCUT2D eigenvalue weighted by molar-refractivity contribution is 5.09. The summed E-state index contributed by atoms with van der Waals surface area (Å²) >= 11 is 0. The molecular weight excluding hydrogens is 100 g/mol. The van der Waals surface area contributed by atoms with Gasteiger partial charge < -0.3 is 10.6 Å². The number of hydrogen-bond acceptors (Lipinski definition) is 2. The van der Waals surface area contributed by atoms with Crippen LogP contribution in [0.3, 0.4) is 0 Å². The van der Waals surface area contributed by atoms with Crippen molar-refractivity contribution in [2.24, 2.45) is 5.73 Å². The van der Waals surface area contributed by atoms with Gasteiger partial charge in [-0.25, -0.2) is 0 Å². The third kappa shape index (κ3) is 1.03. The largest absolute Gasteiger partial charge is 0.385 e. The highest BCUT2D eigenvalue weighted by Gasteiger charge is 2.16. The average molecular weight is 110 g/mol. The lowest BCUT2D eigenvalue weighted by atomic mass is 10.5. The molecule has 0 aromatic carbocycles. The lowest BCUT2D eigenvalue weighted by Gasteiger charge is -1.97. The van der Waals surface area contributed by atoms with Gasteiger partial charge in [0.25, 0.3) is 0 Å². The zero-order valence-corrected chi connectivity index (χ0v) is 4.80. The zero-order chi connectivity index (χ0) is 5.98. The molecule has 1 saturated heterocycles. The molecule has 1 aliphatic rings. The number of rotatable bonds is 2. The van der Waals surface area contributed by atoms with Gasteiger partial charge in [0.2, 0.25) is 0 Å². The predicted molar refractivity (Wildman–Crippen MR) is 34.0 cm³/mol. The van der Waals surface area contributed by atoms with E-state index in [9.17, 15) is 0 Å². The van der Waals surface area contributed by atoms with Crippen LogP contribution in [0.15, 0.2) is 24.6 Å². The van der Waals surface area contributed by atoms with Crippen LogP contribution in [-0.2, 0) is 0 Å². The Morgan fingerprint density at radius 1 is 1.62 bits per heavy atom. The molecule has 8 heavy (non-hydrogen) atoms. The Morgan fingerprint density at radius 3 is 2.62 bits per heavy atom. The topological polar surface area (TPSA) is 29.0 Å². The van der Waals surface area contributed by atoms with Crippen molar-refractivity contribution in [1.29, 1.82) is 0 Å². The van der Waals surface area contributed by atoms with Crippen molar-refractivity contribution in [1.82, 2.24) is 4.90 Å². The quantitative estimate of drug-likeness (QED) is 0.409. The Morgan fingerprint density at radius 2 is 2.25 bits per heavy atom. The zero-order valence-electron chi connectivity index (χ0n) is 4.80. The predicted octanol–water partition coefficient (Wildman–Crippen LogP) is 0.288. The lowest BCUT2D eigenvalue weighted by molar-refractivity contribution is 0.685. The monoisotopic (exact) mass is 110 g/mol. The highest BCUT2D eigenvalue weighted by atomic mass is 15.3. The maximum Gasteiger partial charge on any atom is 0.0987 e. The number of nitrogens with two attached hydrogens (primary N) is 1. The van der Waals surface area contributed by atoms with E-state index in [1.54, 1.807) is 6.08 Å². The second-order valence-electron chi connectivity index (χ2n) is 1.81. The van der Waals surface area contributed by atoms with Crippen molar-refractivity contribution in [3.05, 3.63) is 24.6 Å². The highest BCUT2D eigenvalue weighted by Crippen LogP contribution is 2.08. The first-order chi connectivity index (χ1) is 3.84. The molecular formula is C6H10N2. The molecule has 0 amide bonds. The second-order valence-corrected chi connectivity index (χ2v) is 1.81. The van der Waals surface area contributed by atoms with E-state index in [1.165, 1.54) is 0 Å². The van der Waals surface area contributed by atoms with Gasteiger partial charge in [0, 0.05) is 13.1 Å². The minimum atomic E-state index is 0.833. The molecule has 1 aliphatic heterocycles. The maximum absolute atomic E-state index is 5.51. The van der Waals surface area contributed by atoms with Crippen molar-refractivity contribution in [2.75, 3.05) is 13.1 Å². The molecule has 0 unspecified atom stereocenters. The third-order valence-electron chi connectivity index (χ3n) is 1.10. The molecule has 1 rings (SSSR count). The summed E-state index contributed by atoms with van der Waals surface area (Å²) in [6.45, 7) is 5.74. The fraction of sp³-hybridized carbons (Fsp3) is 0.333. The third-order valence-corrected chi connectivity index (χ3v) is 1.10. The Bertz CT molecular complexity index is 122. The molecule has 0 aromatic rings. The average Bonchev–Trinajstić information content (AvgIpc) is 2.45. The summed E-state index contributed by atoms with van der Waals surface area (Å²) in [5.74, 6) is 0.833. The molecule has 1 fully saturated rings. The van der Waals surface area contributed by atoms with Crippen molar-refractivity contribution < 1.29 is 0 Å². The van der Waals surface area contributed by atoms with Crippen molar-refractivity contribution in [2.45, 2.75) is 0 Å². The molecule has 0 aromatic heterocycles. The minimum absolute atomic E-state index is 0.833. The van der Waals surface area contributed by atoms with Crippen LogP contribution in [0.1, 0.15) is 0 Å². The summed E-state index contributed by atoms with van der Waals surface area (Å²) in [6.07, 6.45) is 3.51. The molecule has 0 atom stereocenters. The van der Waals surface area contributed by atoms with Crippen molar-refractivity contribution >= 4 is 0 Å². The van der Waals surface area contributed by atoms with E-state index in [2.05, 4.69) is 11.5 Å². The summed E-state index contributed by atoms with van der Waals surface area (Å²) in [6, 6.07) is 0. The summed E-state index contributed by atoms with van der Waals surface area (Å²) < 4.78 is 0. The van der Waals surface area contributed by atoms with Gasteiger partial charge in [0.15, 0.2) is 0 Å². The first-order valence-electron chi connectivity index (χ1n) is 2.67. The van der Waals surface area contributed by atoms with E-state index in [0.717, 1.165) is 18.9 Å². The number of hydrogen-bond donors (Lipinski definition) is 1. The standard InChI is InChI=1S/C6H10N2/c1-2-3-6(7)8-4-5-8/h2-3H,1,4-5,7H2/b6-3-. The van der Waals surface area contributed by atoms with E-state index in [1.807, 2.05) is 6.08 Å². The van der Waals surface area contributed by atoms with Crippen LogP contribution in [-0.4, -0.2) is 18.0 Å².